The molecule has 2 aromatic carbocycles. The zero-order chi connectivity index (χ0) is 16.2. The lowest BCUT2D eigenvalue weighted by atomic mass is 10.1. The van der Waals surface area contributed by atoms with E-state index < -0.39 is 23.5 Å². The minimum Gasteiger partial charge on any atom is -0.322 e. The SMILES string of the molecule is O=C(/C=C/c1ccccc1C(F)(F)F)Nc1cccc(F)c1. The molecule has 0 bridgehead atoms. The molecule has 0 aliphatic heterocycles. The number of benzene rings is 2. The number of alkyl halides is 3. The van der Waals surface area contributed by atoms with Crippen LogP contribution in [0.2, 0.25) is 0 Å². The Kier molecular flexibility index (Phi) is 4.60. The molecule has 1 amide bonds. The largest absolute Gasteiger partial charge is 0.416 e. The van der Waals surface area contributed by atoms with Crippen LogP contribution in [0.1, 0.15) is 11.1 Å². The van der Waals surface area contributed by atoms with Gasteiger partial charge in [-0.05, 0) is 35.9 Å². The fraction of sp³-hybridized carbons (Fsp3) is 0.0625. The van der Waals surface area contributed by atoms with Crippen LogP contribution in [-0.4, -0.2) is 5.91 Å². The van der Waals surface area contributed by atoms with Crippen molar-refractivity contribution < 1.29 is 22.4 Å². The topological polar surface area (TPSA) is 29.1 Å². The fourth-order valence-corrected chi connectivity index (χ4v) is 1.82. The molecule has 0 spiro atoms. The third-order valence-electron chi connectivity index (χ3n) is 2.77. The van der Waals surface area contributed by atoms with E-state index in [9.17, 15) is 22.4 Å². The van der Waals surface area contributed by atoms with Crippen molar-refractivity contribution in [2.45, 2.75) is 6.18 Å². The van der Waals surface area contributed by atoms with Gasteiger partial charge in [-0.25, -0.2) is 4.39 Å². The molecule has 6 heteroatoms. The van der Waals surface area contributed by atoms with Crippen LogP contribution in [0.25, 0.3) is 6.08 Å². The lowest BCUT2D eigenvalue weighted by molar-refractivity contribution is -0.137. The summed E-state index contributed by atoms with van der Waals surface area (Å²) in [5.74, 6) is -1.17. The summed E-state index contributed by atoms with van der Waals surface area (Å²) < 4.78 is 51.3. The van der Waals surface area contributed by atoms with Gasteiger partial charge in [-0.15, -0.1) is 0 Å². The van der Waals surface area contributed by atoms with Gasteiger partial charge < -0.3 is 5.32 Å². The Labute approximate surface area is 124 Å². The maximum atomic E-state index is 13.0. The van der Waals surface area contributed by atoms with Gasteiger partial charge in [0.1, 0.15) is 5.82 Å². The van der Waals surface area contributed by atoms with E-state index in [-0.39, 0.29) is 11.3 Å². The van der Waals surface area contributed by atoms with E-state index in [0.29, 0.717) is 0 Å². The smallest absolute Gasteiger partial charge is 0.322 e. The van der Waals surface area contributed by atoms with Crippen LogP contribution in [0, 0.1) is 5.82 Å². The first-order valence-electron chi connectivity index (χ1n) is 6.27. The first-order valence-corrected chi connectivity index (χ1v) is 6.27. The van der Waals surface area contributed by atoms with Gasteiger partial charge in [-0.2, -0.15) is 13.2 Å². The molecule has 0 radical (unpaired) electrons. The van der Waals surface area contributed by atoms with E-state index in [1.165, 1.54) is 36.4 Å². The number of hydrogen-bond acceptors (Lipinski definition) is 1. The number of carbonyl (C=O) groups is 1. The van der Waals surface area contributed by atoms with E-state index in [4.69, 9.17) is 0 Å². The van der Waals surface area contributed by atoms with Gasteiger partial charge in [0.15, 0.2) is 0 Å². The minimum absolute atomic E-state index is 0.121. The van der Waals surface area contributed by atoms with Crippen molar-refractivity contribution in [3.63, 3.8) is 0 Å². The Morgan fingerprint density at radius 3 is 2.45 bits per heavy atom. The Morgan fingerprint density at radius 1 is 1.05 bits per heavy atom. The van der Waals surface area contributed by atoms with Gasteiger partial charge in [0.2, 0.25) is 5.91 Å². The van der Waals surface area contributed by atoms with Crippen molar-refractivity contribution in [3.8, 4) is 0 Å². The van der Waals surface area contributed by atoms with Gasteiger partial charge in [-0.1, -0.05) is 24.3 Å². The predicted octanol–water partition coefficient (Wildman–Crippen LogP) is 4.50. The Balaban J connectivity index is 2.14. The normalized spacial score (nSPS) is 11.6. The summed E-state index contributed by atoms with van der Waals surface area (Å²) in [7, 11) is 0. The summed E-state index contributed by atoms with van der Waals surface area (Å²) in [6.07, 6.45) is -2.47. The Morgan fingerprint density at radius 2 is 1.77 bits per heavy atom. The molecular formula is C16H11F4NO. The second-order valence-electron chi connectivity index (χ2n) is 4.42. The van der Waals surface area contributed by atoms with Crippen molar-refractivity contribution in [3.05, 3.63) is 71.6 Å². The van der Waals surface area contributed by atoms with Crippen LogP contribution in [-0.2, 0) is 11.0 Å². The maximum absolute atomic E-state index is 13.0. The highest BCUT2D eigenvalue weighted by molar-refractivity contribution is 6.02. The summed E-state index contributed by atoms with van der Waals surface area (Å²) >= 11 is 0. The van der Waals surface area contributed by atoms with Crippen molar-refractivity contribution in [1.82, 2.24) is 0 Å². The second-order valence-corrected chi connectivity index (χ2v) is 4.42. The summed E-state index contributed by atoms with van der Waals surface area (Å²) in [5.41, 5.74) is -0.729. The minimum atomic E-state index is -4.50. The molecule has 22 heavy (non-hydrogen) atoms. The molecular weight excluding hydrogens is 298 g/mol. The fourth-order valence-electron chi connectivity index (χ4n) is 1.82. The van der Waals surface area contributed by atoms with Crippen LogP contribution in [0.15, 0.2) is 54.6 Å². The highest BCUT2D eigenvalue weighted by Gasteiger charge is 2.32. The monoisotopic (exact) mass is 309 g/mol. The molecule has 0 saturated heterocycles. The molecule has 0 fully saturated rings. The Hall–Kier alpha value is -2.63. The molecule has 114 valence electrons. The molecule has 2 aromatic rings. The van der Waals surface area contributed by atoms with Gasteiger partial charge >= 0.3 is 6.18 Å². The molecule has 1 N–H and O–H groups in total. The van der Waals surface area contributed by atoms with E-state index in [1.807, 2.05) is 0 Å². The van der Waals surface area contributed by atoms with Gasteiger partial charge in [0, 0.05) is 11.8 Å². The molecule has 0 saturated carbocycles. The summed E-state index contributed by atoms with van der Waals surface area (Å²) in [4.78, 5) is 11.7. The number of halogens is 4. The van der Waals surface area contributed by atoms with Crippen LogP contribution >= 0.6 is 0 Å². The number of amides is 1. The standard InChI is InChI=1S/C16H11F4NO/c17-12-5-3-6-13(10-12)21-15(22)9-8-11-4-1-2-7-14(11)16(18,19)20/h1-10H,(H,21,22)/b9-8+. The van der Waals surface area contributed by atoms with Gasteiger partial charge in [-0.3, -0.25) is 4.79 Å². The highest BCUT2D eigenvalue weighted by Crippen LogP contribution is 2.32. The zero-order valence-corrected chi connectivity index (χ0v) is 11.2. The number of anilines is 1. The molecule has 2 nitrogen and oxygen atoms in total. The van der Waals surface area contributed by atoms with Crippen LogP contribution in [0.3, 0.4) is 0 Å². The van der Waals surface area contributed by atoms with E-state index in [2.05, 4.69) is 5.32 Å². The van der Waals surface area contributed by atoms with E-state index in [0.717, 1.165) is 24.3 Å². The molecule has 0 atom stereocenters. The van der Waals surface area contributed by atoms with Crippen molar-refractivity contribution in [1.29, 1.82) is 0 Å². The quantitative estimate of drug-likeness (QED) is 0.656. The van der Waals surface area contributed by atoms with E-state index in [1.54, 1.807) is 0 Å². The van der Waals surface area contributed by atoms with Crippen molar-refractivity contribution in [2.24, 2.45) is 0 Å². The lowest BCUT2D eigenvalue weighted by Crippen LogP contribution is -2.09. The van der Waals surface area contributed by atoms with Crippen LogP contribution < -0.4 is 5.32 Å². The lowest BCUT2D eigenvalue weighted by Gasteiger charge is -2.09. The summed E-state index contributed by atoms with van der Waals surface area (Å²) in [6, 6.07) is 10.1. The first kappa shape index (κ1) is 15.8. The average Bonchev–Trinajstić information content (AvgIpc) is 2.44. The summed E-state index contributed by atoms with van der Waals surface area (Å²) in [6.45, 7) is 0. The molecule has 0 aromatic heterocycles. The third-order valence-corrected chi connectivity index (χ3v) is 2.77. The zero-order valence-electron chi connectivity index (χ0n) is 11.2. The molecule has 0 unspecified atom stereocenters. The molecule has 0 aliphatic rings. The number of nitrogens with one attached hydrogen (secondary N) is 1. The van der Waals surface area contributed by atoms with Gasteiger partial charge in [0.25, 0.3) is 0 Å². The molecule has 2 rings (SSSR count). The van der Waals surface area contributed by atoms with Crippen molar-refractivity contribution >= 4 is 17.7 Å². The highest BCUT2D eigenvalue weighted by atomic mass is 19.4. The second kappa shape index (κ2) is 6.43. The number of rotatable bonds is 3. The molecule has 0 aliphatic carbocycles. The van der Waals surface area contributed by atoms with Crippen molar-refractivity contribution in [2.75, 3.05) is 5.32 Å². The first-order chi connectivity index (χ1) is 10.4. The van der Waals surface area contributed by atoms with Crippen LogP contribution in [0.4, 0.5) is 23.2 Å². The van der Waals surface area contributed by atoms with Gasteiger partial charge in [0.05, 0.1) is 5.56 Å². The molecule has 0 heterocycles. The Bertz CT molecular complexity index is 707. The predicted molar refractivity (Wildman–Crippen MR) is 75.5 cm³/mol. The van der Waals surface area contributed by atoms with E-state index >= 15 is 0 Å². The number of hydrogen-bond donors (Lipinski definition) is 1. The van der Waals surface area contributed by atoms with Crippen LogP contribution in [0.5, 0.6) is 0 Å². The number of carbonyl (C=O) groups excluding carboxylic acids is 1. The maximum Gasteiger partial charge on any atom is 0.416 e. The third kappa shape index (κ3) is 4.18. The summed E-state index contributed by atoms with van der Waals surface area (Å²) in [5, 5.41) is 2.36. The average molecular weight is 309 g/mol.